The third kappa shape index (κ3) is 3.10. The number of likely N-dealkylation sites (tertiary alicyclic amines) is 1. The summed E-state index contributed by atoms with van der Waals surface area (Å²) in [4.78, 5) is 12.2. The maximum Gasteiger partial charge on any atom is 0.409 e. The fourth-order valence-corrected chi connectivity index (χ4v) is 3.56. The van der Waals surface area contributed by atoms with Gasteiger partial charge in [-0.1, -0.05) is 18.2 Å². The first kappa shape index (κ1) is 14.8. The van der Waals surface area contributed by atoms with Crippen molar-refractivity contribution in [2.45, 2.75) is 37.3 Å². The second kappa shape index (κ2) is 5.80. The van der Waals surface area contributed by atoms with E-state index in [4.69, 9.17) is 9.29 Å². The van der Waals surface area contributed by atoms with Gasteiger partial charge in [0.2, 0.25) is 0 Å². The summed E-state index contributed by atoms with van der Waals surface area (Å²) in [6.07, 6.45) is -0.244. The predicted molar refractivity (Wildman–Crippen MR) is 71.8 cm³/mol. The van der Waals surface area contributed by atoms with Gasteiger partial charge in [-0.25, -0.2) is 8.98 Å². The maximum absolute atomic E-state index is 12.2. The minimum atomic E-state index is -3.96. The van der Waals surface area contributed by atoms with Gasteiger partial charge in [0.15, 0.2) is 6.23 Å². The third-order valence-corrected chi connectivity index (χ3v) is 4.77. The van der Waals surface area contributed by atoms with Gasteiger partial charge in [0.25, 0.3) is 10.1 Å². The van der Waals surface area contributed by atoms with E-state index in [1.807, 2.05) is 0 Å². The smallest absolute Gasteiger partial charge is 0.409 e. The van der Waals surface area contributed by atoms with E-state index in [-0.39, 0.29) is 4.90 Å². The minimum absolute atomic E-state index is 0.0795. The van der Waals surface area contributed by atoms with Crippen LogP contribution in [0.1, 0.15) is 24.8 Å². The number of amides is 1. The van der Waals surface area contributed by atoms with Gasteiger partial charge in [0.1, 0.15) is 0 Å². The van der Waals surface area contributed by atoms with Crippen molar-refractivity contribution >= 4 is 16.2 Å². The van der Waals surface area contributed by atoms with Crippen LogP contribution in [0.2, 0.25) is 0 Å². The highest BCUT2D eigenvalue weighted by atomic mass is 32.2. The van der Waals surface area contributed by atoms with Crippen LogP contribution in [-0.2, 0) is 14.3 Å². The molecule has 1 N–H and O–H groups in total. The molecule has 1 aromatic carbocycles. The van der Waals surface area contributed by atoms with E-state index in [2.05, 4.69) is 0 Å². The summed E-state index contributed by atoms with van der Waals surface area (Å²) in [5, 5.41) is 9.08. The molecular weight excluding hydrogens is 282 g/mol. The van der Waals surface area contributed by atoms with Crippen LogP contribution < -0.4 is 0 Å². The van der Waals surface area contributed by atoms with E-state index in [0.29, 0.717) is 18.5 Å². The molecular formula is C13H17NO5S. The van der Waals surface area contributed by atoms with Crippen LogP contribution in [0.15, 0.2) is 29.2 Å². The van der Waals surface area contributed by atoms with E-state index < -0.39 is 22.4 Å². The standard InChI is InChI=1S/C13H17NO5S/c1-10-6-2-3-7-11(10)20(17,18)19-12-8-4-5-9-14(12)13(15)16/h2-3,6-7,12H,4-5,8-9H2,1H3,(H,15,16). The number of carboxylic acid groups (broad SMARTS) is 1. The Kier molecular flexibility index (Phi) is 4.29. The van der Waals surface area contributed by atoms with Gasteiger partial charge >= 0.3 is 6.09 Å². The molecule has 110 valence electrons. The highest BCUT2D eigenvalue weighted by Gasteiger charge is 2.32. The Balaban J connectivity index is 2.23. The molecule has 0 bridgehead atoms. The monoisotopic (exact) mass is 299 g/mol. The number of aryl methyl sites for hydroxylation is 1. The van der Waals surface area contributed by atoms with Gasteiger partial charge < -0.3 is 5.11 Å². The molecule has 1 atom stereocenters. The first-order chi connectivity index (χ1) is 9.42. The van der Waals surface area contributed by atoms with E-state index >= 15 is 0 Å². The fraction of sp³-hybridized carbons (Fsp3) is 0.462. The summed E-state index contributed by atoms with van der Waals surface area (Å²) in [6.45, 7) is 1.97. The number of benzene rings is 1. The van der Waals surface area contributed by atoms with Crippen LogP contribution in [0.25, 0.3) is 0 Å². The molecule has 6 nitrogen and oxygen atoms in total. The Bertz CT molecular complexity index is 599. The largest absolute Gasteiger partial charge is 0.465 e. The number of nitrogens with zero attached hydrogens (tertiary/aromatic N) is 1. The molecule has 1 aliphatic rings. The highest BCUT2D eigenvalue weighted by Crippen LogP contribution is 2.24. The molecule has 2 rings (SSSR count). The Morgan fingerprint density at radius 1 is 1.35 bits per heavy atom. The topological polar surface area (TPSA) is 83.9 Å². The zero-order valence-corrected chi connectivity index (χ0v) is 12.0. The summed E-state index contributed by atoms with van der Waals surface area (Å²) in [5.74, 6) is 0. The normalized spacial score (nSPS) is 19.9. The number of rotatable bonds is 3. The Labute approximate surface area is 118 Å². The maximum atomic E-state index is 12.2. The van der Waals surface area contributed by atoms with Gasteiger partial charge in [-0.2, -0.15) is 8.42 Å². The lowest BCUT2D eigenvalue weighted by atomic mass is 10.1. The lowest BCUT2D eigenvalue weighted by Crippen LogP contribution is -2.45. The van der Waals surface area contributed by atoms with Crippen LogP contribution in [0, 0.1) is 6.92 Å². The average molecular weight is 299 g/mol. The predicted octanol–water partition coefficient (Wildman–Crippen LogP) is 2.19. The van der Waals surface area contributed by atoms with Crippen LogP contribution >= 0.6 is 0 Å². The van der Waals surface area contributed by atoms with Crippen molar-refractivity contribution < 1.29 is 22.5 Å². The quantitative estimate of drug-likeness (QED) is 0.865. The number of hydrogen-bond acceptors (Lipinski definition) is 4. The molecule has 0 radical (unpaired) electrons. The second-order valence-corrected chi connectivity index (χ2v) is 6.28. The van der Waals surface area contributed by atoms with Crippen LogP contribution in [0.3, 0.4) is 0 Å². The zero-order valence-electron chi connectivity index (χ0n) is 11.2. The van der Waals surface area contributed by atoms with Crippen LogP contribution in [-0.4, -0.2) is 37.3 Å². The Morgan fingerprint density at radius 3 is 2.70 bits per heavy atom. The summed E-state index contributed by atoms with van der Waals surface area (Å²) in [5.41, 5.74) is 0.574. The van der Waals surface area contributed by atoms with Crippen molar-refractivity contribution in [1.29, 1.82) is 0 Å². The Morgan fingerprint density at radius 2 is 2.05 bits per heavy atom. The van der Waals surface area contributed by atoms with Gasteiger partial charge in [-0.05, 0) is 37.8 Å². The lowest BCUT2D eigenvalue weighted by molar-refractivity contribution is 0.0103. The van der Waals surface area contributed by atoms with Gasteiger partial charge in [-0.3, -0.25) is 4.90 Å². The van der Waals surface area contributed by atoms with Crippen LogP contribution in [0.4, 0.5) is 4.79 Å². The minimum Gasteiger partial charge on any atom is -0.465 e. The van der Waals surface area contributed by atoms with Crippen molar-refractivity contribution in [3.63, 3.8) is 0 Å². The molecule has 1 aliphatic heterocycles. The van der Waals surface area contributed by atoms with E-state index in [9.17, 15) is 13.2 Å². The second-order valence-electron chi connectivity index (χ2n) is 4.74. The molecule has 1 saturated heterocycles. The van der Waals surface area contributed by atoms with E-state index in [0.717, 1.165) is 17.7 Å². The molecule has 0 saturated carbocycles. The van der Waals surface area contributed by atoms with Crippen molar-refractivity contribution in [1.82, 2.24) is 4.90 Å². The number of hydrogen-bond donors (Lipinski definition) is 1. The van der Waals surface area contributed by atoms with Crippen molar-refractivity contribution in [2.24, 2.45) is 0 Å². The molecule has 20 heavy (non-hydrogen) atoms. The van der Waals surface area contributed by atoms with Crippen molar-refractivity contribution in [2.75, 3.05) is 6.54 Å². The van der Waals surface area contributed by atoms with Gasteiger partial charge in [0, 0.05) is 6.54 Å². The summed E-state index contributed by atoms with van der Waals surface area (Å²) < 4.78 is 29.6. The lowest BCUT2D eigenvalue weighted by Gasteiger charge is -2.32. The zero-order chi connectivity index (χ0) is 14.8. The highest BCUT2D eigenvalue weighted by molar-refractivity contribution is 7.86. The van der Waals surface area contributed by atoms with Gasteiger partial charge in [0.05, 0.1) is 4.90 Å². The molecule has 0 aliphatic carbocycles. The van der Waals surface area contributed by atoms with Crippen molar-refractivity contribution in [3.05, 3.63) is 29.8 Å². The molecule has 7 heteroatoms. The third-order valence-electron chi connectivity index (χ3n) is 3.29. The molecule has 1 unspecified atom stereocenters. The first-order valence-electron chi connectivity index (χ1n) is 6.40. The SMILES string of the molecule is Cc1ccccc1S(=O)(=O)OC1CCCCN1C(=O)O. The molecule has 1 fully saturated rings. The average Bonchev–Trinajstić information content (AvgIpc) is 2.39. The summed E-state index contributed by atoms with van der Waals surface area (Å²) in [7, 11) is -3.96. The molecule has 0 spiro atoms. The first-order valence-corrected chi connectivity index (χ1v) is 7.81. The number of carbonyl (C=O) groups is 1. The summed E-state index contributed by atoms with van der Waals surface area (Å²) >= 11 is 0. The van der Waals surface area contributed by atoms with Crippen LogP contribution in [0.5, 0.6) is 0 Å². The molecule has 1 amide bonds. The molecule has 1 aromatic rings. The Hall–Kier alpha value is -1.60. The molecule has 1 heterocycles. The van der Waals surface area contributed by atoms with E-state index in [1.54, 1.807) is 25.1 Å². The van der Waals surface area contributed by atoms with Crippen molar-refractivity contribution in [3.8, 4) is 0 Å². The van der Waals surface area contributed by atoms with Gasteiger partial charge in [-0.15, -0.1) is 0 Å². The summed E-state index contributed by atoms with van der Waals surface area (Å²) in [6, 6.07) is 6.47. The fourth-order valence-electron chi connectivity index (χ4n) is 2.25. The number of piperidine rings is 1. The molecule has 0 aromatic heterocycles. The van der Waals surface area contributed by atoms with E-state index in [1.165, 1.54) is 6.07 Å².